The Labute approximate surface area is 151 Å². The number of para-hydroxylation sites is 1. The summed E-state index contributed by atoms with van der Waals surface area (Å²) in [6.07, 6.45) is 1.79. The van der Waals surface area contributed by atoms with Gasteiger partial charge in [0, 0.05) is 44.7 Å². The smallest absolute Gasteiger partial charge is 0.252 e. The quantitative estimate of drug-likeness (QED) is 0.718. The Balaban J connectivity index is 1.94. The SMILES string of the molecule is COCc1nc(C2CCOCC2)n(-c2cc(=O)n(C)c3ccccc23)n1. The molecule has 0 amide bonds. The molecule has 0 radical (unpaired) electrons. The third-order valence-corrected chi connectivity index (χ3v) is 4.90. The predicted molar refractivity (Wildman–Crippen MR) is 97.6 cm³/mol. The molecule has 3 heterocycles. The first-order valence-corrected chi connectivity index (χ1v) is 8.80. The molecule has 1 aliphatic heterocycles. The monoisotopic (exact) mass is 354 g/mol. The minimum absolute atomic E-state index is 0.0691. The Morgan fingerprint density at radius 2 is 2.04 bits per heavy atom. The largest absolute Gasteiger partial charge is 0.381 e. The average Bonchev–Trinajstić information content (AvgIpc) is 3.09. The molecule has 1 aliphatic rings. The topological polar surface area (TPSA) is 71.2 Å². The fraction of sp³-hybridized carbons (Fsp3) is 0.421. The Bertz CT molecular complexity index is 986. The molecule has 0 unspecified atom stereocenters. The van der Waals surface area contributed by atoms with Gasteiger partial charge >= 0.3 is 0 Å². The van der Waals surface area contributed by atoms with E-state index in [0.29, 0.717) is 25.6 Å². The molecule has 0 N–H and O–H groups in total. The maximum atomic E-state index is 12.5. The van der Waals surface area contributed by atoms with Gasteiger partial charge in [-0.05, 0) is 18.9 Å². The lowest BCUT2D eigenvalue weighted by Crippen LogP contribution is -2.21. The number of aromatic nitrogens is 4. The van der Waals surface area contributed by atoms with Crippen LogP contribution in [0.15, 0.2) is 35.1 Å². The fourth-order valence-corrected chi connectivity index (χ4v) is 3.52. The molecular weight excluding hydrogens is 332 g/mol. The molecule has 0 saturated carbocycles. The van der Waals surface area contributed by atoms with E-state index in [1.54, 1.807) is 24.8 Å². The first-order chi connectivity index (χ1) is 12.7. The molecule has 136 valence electrons. The summed E-state index contributed by atoms with van der Waals surface area (Å²) in [5, 5.41) is 5.63. The minimum Gasteiger partial charge on any atom is -0.381 e. The standard InChI is InChI=1S/C19H22N4O3/c1-22-15-6-4-3-5-14(15)16(11-18(22)24)23-19(13-7-9-26-10-8-13)20-17(21-23)12-25-2/h3-6,11,13H,7-10,12H2,1-2H3. The summed E-state index contributed by atoms with van der Waals surface area (Å²) in [5.74, 6) is 1.75. The van der Waals surface area contributed by atoms with E-state index in [2.05, 4.69) is 5.10 Å². The molecule has 1 aromatic carbocycles. The molecule has 0 atom stereocenters. The van der Waals surface area contributed by atoms with Crippen LogP contribution >= 0.6 is 0 Å². The normalized spacial score (nSPS) is 15.6. The van der Waals surface area contributed by atoms with Crippen LogP contribution in [0.1, 0.15) is 30.4 Å². The zero-order valence-corrected chi connectivity index (χ0v) is 15.0. The summed E-state index contributed by atoms with van der Waals surface area (Å²) >= 11 is 0. The maximum absolute atomic E-state index is 12.5. The number of benzene rings is 1. The number of rotatable bonds is 4. The molecule has 0 bridgehead atoms. The van der Waals surface area contributed by atoms with Gasteiger partial charge in [-0.2, -0.15) is 0 Å². The van der Waals surface area contributed by atoms with Crippen molar-refractivity contribution in [3.63, 3.8) is 0 Å². The number of pyridine rings is 1. The molecular formula is C19H22N4O3. The summed E-state index contributed by atoms with van der Waals surface area (Å²) in [6, 6.07) is 9.49. The van der Waals surface area contributed by atoms with E-state index in [1.807, 2.05) is 28.9 Å². The second-order valence-corrected chi connectivity index (χ2v) is 6.56. The van der Waals surface area contributed by atoms with Crippen LogP contribution in [0.2, 0.25) is 0 Å². The zero-order chi connectivity index (χ0) is 18.1. The van der Waals surface area contributed by atoms with Crippen LogP contribution in [0, 0.1) is 0 Å². The van der Waals surface area contributed by atoms with Crippen molar-refractivity contribution >= 4 is 10.9 Å². The summed E-state index contributed by atoms with van der Waals surface area (Å²) < 4.78 is 14.2. The number of ether oxygens (including phenoxy) is 2. The van der Waals surface area contributed by atoms with E-state index in [1.165, 1.54) is 0 Å². The molecule has 4 rings (SSSR count). The van der Waals surface area contributed by atoms with Gasteiger partial charge < -0.3 is 14.0 Å². The van der Waals surface area contributed by atoms with Crippen LogP contribution in [0.25, 0.3) is 16.6 Å². The number of aryl methyl sites for hydroxylation is 1. The van der Waals surface area contributed by atoms with Crippen molar-refractivity contribution in [1.82, 2.24) is 19.3 Å². The van der Waals surface area contributed by atoms with Gasteiger partial charge in [0.1, 0.15) is 12.4 Å². The van der Waals surface area contributed by atoms with Gasteiger partial charge in [0.25, 0.3) is 5.56 Å². The van der Waals surface area contributed by atoms with Crippen LogP contribution in [-0.4, -0.2) is 39.7 Å². The number of methoxy groups -OCH3 is 1. The summed E-state index contributed by atoms with van der Waals surface area (Å²) in [4.78, 5) is 17.2. The highest BCUT2D eigenvalue weighted by Crippen LogP contribution is 2.29. The minimum atomic E-state index is -0.0691. The van der Waals surface area contributed by atoms with Crippen molar-refractivity contribution in [2.24, 2.45) is 7.05 Å². The molecule has 7 heteroatoms. The van der Waals surface area contributed by atoms with Crippen LogP contribution in [0.5, 0.6) is 0 Å². The highest BCUT2D eigenvalue weighted by Gasteiger charge is 2.25. The van der Waals surface area contributed by atoms with Gasteiger partial charge in [0.2, 0.25) is 0 Å². The van der Waals surface area contributed by atoms with Crippen molar-refractivity contribution in [1.29, 1.82) is 0 Å². The highest BCUT2D eigenvalue weighted by atomic mass is 16.5. The van der Waals surface area contributed by atoms with Crippen molar-refractivity contribution in [3.8, 4) is 5.69 Å². The lowest BCUT2D eigenvalue weighted by molar-refractivity contribution is 0.0831. The molecule has 0 aliphatic carbocycles. The lowest BCUT2D eigenvalue weighted by atomic mass is 9.99. The Hall–Kier alpha value is -2.51. The van der Waals surface area contributed by atoms with Crippen molar-refractivity contribution < 1.29 is 9.47 Å². The van der Waals surface area contributed by atoms with E-state index >= 15 is 0 Å². The molecule has 26 heavy (non-hydrogen) atoms. The summed E-state index contributed by atoms with van der Waals surface area (Å²) in [7, 11) is 3.41. The zero-order valence-electron chi connectivity index (χ0n) is 15.0. The van der Waals surface area contributed by atoms with Crippen LogP contribution in [-0.2, 0) is 23.1 Å². The third-order valence-electron chi connectivity index (χ3n) is 4.90. The molecule has 2 aromatic heterocycles. The third kappa shape index (κ3) is 2.93. The number of fused-ring (bicyclic) bond motifs is 1. The number of hydrogen-bond acceptors (Lipinski definition) is 5. The summed E-state index contributed by atoms with van der Waals surface area (Å²) in [6.45, 7) is 1.77. The lowest BCUT2D eigenvalue weighted by Gasteiger charge is -2.22. The highest BCUT2D eigenvalue weighted by molar-refractivity contribution is 5.87. The van der Waals surface area contributed by atoms with E-state index in [9.17, 15) is 4.79 Å². The van der Waals surface area contributed by atoms with Crippen molar-refractivity contribution in [3.05, 3.63) is 52.3 Å². The summed E-state index contributed by atoms with van der Waals surface area (Å²) in [5.41, 5.74) is 1.57. The molecule has 7 nitrogen and oxygen atoms in total. The Morgan fingerprint density at radius 1 is 1.27 bits per heavy atom. The Morgan fingerprint density at radius 3 is 2.81 bits per heavy atom. The number of nitrogens with zero attached hydrogens (tertiary/aromatic N) is 4. The Kier molecular flexibility index (Phi) is 4.57. The van der Waals surface area contributed by atoms with E-state index in [0.717, 1.165) is 35.3 Å². The second-order valence-electron chi connectivity index (χ2n) is 6.56. The molecule has 3 aromatic rings. The van der Waals surface area contributed by atoms with Crippen LogP contribution < -0.4 is 5.56 Å². The van der Waals surface area contributed by atoms with Crippen molar-refractivity contribution in [2.75, 3.05) is 20.3 Å². The van der Waals surface area contributed by atoms with Gasteiger partial charge in [-0.15, -0.1) is 5.10 Å². The van der Waals surface area contributed by atoms with Gasteiger partial charge in [-0.25, -0.2) is 9.67 Å². The second kappa shape index (κ2) is 7.01. The molecule has 1 fully saturated rings. The van der Waals surface area contributed by atoms with Gasteiger partial charge in [0.15, 0.2) is 5.82 Å². The number of hydrogen-bond donors (Lipinski definition) is 0. The average molecular weight is 354 g/mol. The molecule has 1 saturated heterocycles. The predicted octanol–water partition coefficient (Wildman–Crippen LogP) is 2.16. The fourth-order valence-electron chi connectivity index (χ4n) is 3.52. The van der Waals surface area contributed by atoms with Crippen LogP contribution in [0.3, 0.4) is 0 Å². The first-order valence-electron chi connectivity index (χ1n) is 8.80. The van der Waals surface area contributed by atoms with Crippen LogP contribution in [0.4, 0.5) is 0 Å². The van der Waals surface area contributed by atoms with Crippen molar-refractivity contribution in [2.45, 2.75) is 25.4 Å². The van der Waals surface area contributed by atoms with Gasteiger partial charge in [-0.1, -0.05) is 18.2 Å². The molecule has 0 spiro atoms. The first kappa shape index (κ1) is 16.9. The van der Waals surface area contributed by atoms with E-state index in [4.69, 9.17) is 14.5 Å². The van der Waals surface area contributed by atoms with E-state index < -0.39 is 0 Å². The van der Waals surface area contributed by atoms with E-state index in [-0.39, 0.29) is 11.5 Å². The maximum Gasteiger partial charge on any atom is 0.252 e. The van der Waals surface area contributed by atoms with Gasteiger partial charge in [0.05, 0.1) is 11.2 Å². The van der Waals surface area contributed by atoms with Gasteiger partial charge in [-0.3, -0.25) is 4.79 Å².